The predicted octanol–water partition coefficient (Wildman–Crippen LogP) is 3.59. The van der Waals surface area contributed by atoms with Crippen molar-refractivity contribution in [2.24, 2.45) is 0 Å². The van der Waals surface area contributed by atoms with Gasteiger partial charge in [-0.15, -0.1) is 7.92 Å². The van der Waals surface area contributed by atoms with Crippen LogP contribution in [0.1, 0.15) is 40.5 Å². The molecule has 0 aliphatic carbocycles. The van der Waals surface area contributed by atoms with Gasteiger partial charge in [-0.25, -0.2) is 0 Å². The Bertz CT molecular complexity index is 138. The summed E-state index contributed by atoms with van der Waals surface area (Å²) in [6.45, 7) is 9.21. The Kier molecular flexibility index (Phi) is 6.39. The van der Waals surface area contributed by atoms with Crippen LogP contribution in [0.5, 0.6) is 0 Å². The highest BCUT2D eigenvalue weighted by atomic mass is 31.1. The molecule has 1 nitrogen and oxygen atoms in total. The Labute approximate surface area is 77.9 Å². The fourth-order valence-electron chi connectivity index (χ4n) is 1.45. The van der Waals surface area contributed by atoms with Gasteiger partial charge in [-0.1, -0.05) is 27.7 Å². The van der Waals surface area contributed by atoms with Gasteiger partial charge in [0.2, 0.25) is 0 Å². The Morgan fingerprint density at radius 1 is 1.17 bits per heavy atom. The first-order chi connectivity index (χ1) is 5.59. The van der Waals surface area contributed by atoms with Gasteiger partial charge < -0.3 is 0 Å². The van der Waals surface area contributed by atoms with Gasteiger partial charge in [0.15, 0.2) is 0 Å². The molecule has 2 heteroatoms. The van der Waals surface area contributed by atoms with Crippen molar-refractivity contribution >= 4 is 7.92 Å². The molecule has 0 spiro atoms. The molecule has 0 N–H and O–H groups in total. The summed E-state index contributed by atoms with van der Waals surface area (Å²) >= 11 is 0. The third kappa shape index (κ3) is 4.73. The fourth-order valence-corrected chi connectivity index (χ4v) is 4.20. The molecule has 0 heterocycles. The highest BCUT2D eigenvalue weighted by molar-refractivity contribution is 7.59. The largest absolute Gasteiger partial charge is 0.198 e. The van der Waals surface area contributed by atoms with Crippen LogP contribution in [0.15, 0.2) is 0 Å². The summed E-state index contributed by atoms with van der Waals surface area (Å²) in [5, 5.41) is 8.41. The quantitative estimate of drug-likeness (QED) is 0.474. The second kappa shape index (κ2) is 6.44. The van der Waals surface area contributed by atoms with E-state index in [2.05, 4.69) is 33.8 Å². The van der Waals surface area contributed by atoms with Gasteiger partial charge in [0, 0.05) is 6.42 Å². The van der Waals surface area contributed by atoms with Crippen LogP contribution in [0.4, 0.5) is 0 Å². The maximum Gasteiger partial charge on any atom is 0.0621 e. The maximum absolute atomic E-state index is 8.41. The Morgan fingerprint density at radius 3 is 2.00 bits per heavy atom. The lowest BCUT2D eigenvalue weighted by Gasteiger charge is -2.25. The molecule has 0 aromatic heterocycles. The van der Waals surface area contributed by atoms with Crippen LogP contribution >= 0.6 is 7.92 Å². The summed E-state index contributed by atoms with van der Waals surface area (Å²) in [4.78, 5) is 0. The minimum Gasteiger partial charge on any atom is -0.198 e. The monoisotopic (exact) mass is 185 g/mol. The molecule has 0 aromatic rings. The topological polar surface area (TPSA) is 23.8 Å². The third-order valence-corrected chi connectivity index (χ3v) is 5.52. The molecule has 0 rings (SSSR count). The number of unbranched alkanes of at least 4 members (excludes halogenated alkanes) is 1. The van der Waals surface area contributed by atoms with Crippen molar-refractivity contribution in [3.63, 3.8) is 0 Å². The van der Waals surface area contributed by atoms with E-state index in [1.54, 1.807) is 0 Å². The molecular weight excluding hydrogens is 165 g/mol. The zero-order chi connectivity index (χ0) is 9.56. The highest BCUT2D eigenvalue weighted by Crippen LogP contribution is 2.46. The first-order valence-corrected chi connectivity index (χ1v) is 6.38. The van der Waals surface area contributed by atoms with Crippen molar-refractivity contribution in [3.05, 3.63) is 0 Å². The molecule has 0 fully saturated rings. The van der Waals surface area contributed by atoms with Crippen LogP contribution in [-0.4, -0.2) is 17.5 Å². The van der Waals surface area contributed by atoms with Crippen molar-refractivity contribution in [2.75, 3.05) is 6.16 Å². The number of rotatable bonds is 5. The standard InChI is InChI=1S/C10H20NP/c1-9(2)12(10(3)4)8-6-5-7-11/h9-10H,5-6,8H2,1-4H3. The van der Waals surface area contributed by atoms with Crippen LogP contribution in [0, 0.1) is 11.3 Å². The van der Waals surface area contributed by atoms with E-state index in [4.69, 9.17) is 5.26 Å². The van der Waals surface area contributed by atoms with Crippen molar-refractivity contribution in [1.29, 1.82) is 5.26 Å². The third-order valence-electron chi connectivity index (χ3n) is 2.03. The average Bonchev–Trinajstić information content (AvgIpc) is 1.96. The smallest absolute Gasteiger partial charge is 0.0621 e. The van der Waals surface area contributed by atoms with E-state index in [1.807, 2.05) is 0 Å². The molecule has 70 valence electrons. The van der Waals surface area contributed by atoms with Gasteiger partial charge >= 0.3 is 0 Å². The molecule has 0 bridgehead atoms. The second-order valence-electron chi connectivity index (χ2n) is 3.69. The van der Waals surface area contributed by atoms with E-state index in [9.17, 15) is 0 Å². The van der Waals surface area contributed by atoms with Crippen molar-refractivity contribution in [1.82, 2.24) is 0 Å². The molecule has 0 atom stereocenters. The fraction of sp³-hybridized carbons (Fsp3) is 0.900. The molecule has 0 unspecified atom stereocenters. The summed E-state index contributed by atoms with van der Waals surface area (Å²) < 4.78 is 0. The Morgan fingerprint density at radius 2 is 1.67 bits per heavy atom. The van der Waals surface area contributed by atoms with Gasteiger partial charge in [0.25, 0.3) is 0 Å². The van der Waals surface area contributed by atoms with E-state index in [1.165, 1.54) is 6.16 Å². The molecular formula is C10H20NP. The maximum atomic E-state index is 8.41. The average molecular weight is 185 g/mol. The Balaban J connectivity index is 3.74. The van der Waals surface area contributed by atoms with Gasteiger partial charge in [-0.2, -0.15) is 5.26 Å². The summed E-state index contributed by atoms with van der Waals surface area (Å²) in [5.41, 5.74) is 1.64. The number of nitriles is 1. The van der Waals surface area contributed by atoms with Crippen LogP contribution in [0.3, 0.4) is 0 Å². The summed E-state index contributed by atoms with van der Waals surface area (Å²) in [7, 11) is 0.159. The van der Waals surface area contributed by atoms with Crippen molar-refractivity contribution in [3.8, 4) is 6.07 Å². The molecule has 12 heavy (non-hydrogen) atoms. The lowest BCUT2D eigenvalue weighted by Crippen LogP contribution is -2.06. The van der Waals surface area contributed by atoms with E-state index in [0.29, 0.717) is 0 Å². The second-order valence-corrected chi connectivity index (χ2v) is 7.23. The molecule has 0 aliphatic heterocycles. The minimum atomic E-state index is 0.159. The van der Waals surface area contributed by atoms with Gasteiger partial charge in [0.05, 0.1) is 6.07 Å². The minimum absolute atomic E-state index is 0.159. The molecule has 0 saturated heterocycles. The van der Waals surface area contributed by atoms with Crippen LogP contribution in [-0.2, 0) is 0 Å². The normalized spacial score (nSPS) is 11.2. The lowest BCUT2D eigenvalue weighted by molar-refractivity contribution is 0.930. The van der Waals surface area contributed by atoms with E-state index in [0.717, 1.165) is 24.2 Å². The van der Waals surface area contributed by atoms with Crippen molar-refractivity contribution in [2.45, 2.75) is 51.9 Å². The summed E-state index contributed by atoms with van der Waals surface area (Å²) in [6.07, 6.45) is 3.11. The summed E-state index contributed by atoms with van der Waals surface area (Å²) in [5.74, 6) is 0. The van der Waals surface area contributed by atoms with Gasteiger partial charge in [0.1, 0.15) is 0 Å². The number of hydrogen-bond acceptors (Lipinski definition) is 1. The van der Waals surface area contributed by atoms with Crippen LogP contribution < -0.4 is 0 Å². The summed E-state index contributed by atoms with van der Waals surface area (Å²) in [6, 6.07) is 2.21. The van der Waals surface area contributed by atoms with Gasteiger partial charge in [-0.05, 0) is 23.9 Å². The molecule has 0 radical (unpaired) electrons. The highest BCUT2D eigenvalue weighted by Gasteiger charge is 2.15. The number of hydrogen-bond donors (Lipinski definition) is 0. The first-order valence-electron chi connectivity index (χ1n) is 4.72. The predicted molar refractivity (Wildman–Crippen MR) is 56.9 cm³/mol. The molecule has 0 aliphatic rings. The van der Waals surface area contributed by atoms with Crippen LogP contribution in [0.25, 0.3) is 0 Å². The number of nitrogens with zero attached hydrogens (tertiary/aromatic N) is 1. The lowest BCUT2D eigenvalue weighted by atomic mass is 10.4. The zero-order valence-electron chi connectivity index (χ0n) is 8.67. The molecule has 0 amide bonds. The SMILES string of the molecule is CC(C)P(CCCC#N)C(C)C. The van der Waals surface area contributed by atoms with Crippen LogP contribution in [0.2, 0.25) is 0 Å². The zero-order valence-corrected chi connectivity index (χ0v) is 9.56. The first kappa shape index (κ1) is 11.9. The van der Waals surface area contributed by atoms with Gasteiger partial charge in [-0.3, -0.25) is 0 Å². The Hall–Kier alpha value is -0.0800. The van der Waals surface area contributed by atoms with E-state index < -0.39 is 0 Å². The van der Waals surface area contributed by atoms with E-state index in [-0.39, 0.29) is 7.92 Å². The van der Waals surface area contributed by atoms with E-state index >= 15 is 0 Å². The molecule has 0 saturated carbocycles. The molecule has 0 aromatic carbocycles. The van der Waals surface area contributed by atoms with Crippen molar-refractivity contribution < 1.29 is 0 Å².